The van der Waals surface area contributed by atoms with Crippen LogP contribution in [0.2, 0.25) is 0 Å². The molecular formula is C16H20N4O2S. The number of carbonyl (C=O) groups excluding carboxylic acids is 2. The van der Waals surface area contributed by atoms with Gasteiger partial charge in [0.05, 0.1) is 5.69 Å². The number of amides is 3. The molecule has 6 nitrogen and oxygen atoms in total. The molecule has 2 rings (SSSR count). The lowest BCUT2D eigenvalue weighted by Crippen LogP contribution is -2.29. The van der Waals surface area contributed by atoms with Gasteiger partial charge in [0.15, 0.2) is 5.13 Å². The number of anilines is 2. The molecule has 1 aromatic carbocycles. The van der Waals surface area contributed by atoms with E-state index in [0.717, 1.165) is 16.9 Å². The second-order valence-electron chi connectivity index (χ2n) is 5.51. The zero-order chi connectivity index (χ0) is 17.0. The highest BCUT2D eigenvalue weighted by Crippen LogP contribution is 2.23. The second-order valence-corrected chi connectivity index (χ2v) is 6.51. The quantitative estimate of drug-likeness (QED) is 0.801. The molecule has 1 heterocycles. The highest BCUT2D eigenvalue weighted by molar-refractivity contribution is 7.17. The van der Waals surface area contributed by atoms with E-state index in [4.69, 9.17) is 0 Å². The van der Waals surface area contributed by atoms with Crippen LogP contribution in [0.15, 0.2) is 24.3 Å². The Morgan fingerprint density at radius 3 is 2.57 bits per heavy atom. The molecule has 0 atom stereocenters. The van der Waals surface area contributed by atoms with E-state index in [1.54, 1.807) is 13.0 Å². The van der Waals surface area contributed by atoms with Gasteiger partial charge in [-0.25, -0.2) is 9.78 Å². The molecule has 0 spiro atoms. The molecule has 3 N–H and O–H groups in total. The maximum absolute atomic E-state index is 12.0. The van der Waals surface area contributed by atoms with Crippen LogP contribution >= 0.6 is 11.3 Å². The average molecular weight is 332 g/mol. The number of urea groups is 1. The molecule has 23 heavy (non-hydrogen) atoms. The van der Waals surface area contributed by atoms with E-state index < -0.39 is 0 Å². The van der Waals surface area contributed by atoms with Crippen LogP contribution in [-0.4, -0.2) is 23.0 Å². The van der Waals surface area contributed by atoms with Gasteiger partial charge in [0.1, 0.15) is 4.88 Å². The normalized spacial score (nSPS) is 10.5. The largest absolute Gasteiger partial charge is 0.349 e. The van der Waals surface area contributed by atoms with E-state index in [-0.39, 0.29) is 18.0 Å². The number of aromatic nitrogens is 1. The van der Waals surface area contributed by atoms with Crippen molar-refractivity contribution in [3.63, 3.8) is 0 Å². The van der Waals surface area contributed by atoms with Gasteiger partial charge in [-0.3, -0.25) is 10.1 Å². The average Bonchev–Trinajstić information content (AvgIpc) is 2.78. The number of nitrogens with one attached hydrogen (secondary N) is 3. The summed E-state index contributed by atoms with van der Waals surface area (Å²) < 4.78 is 0. The first-order chi connectivity index (χ1) is 10.8. The van der Waals surface area contributed by atoms with Crippen molar-refractivity contribution in [3.05, 3.63) is 40.4 Å². The molecule has 2 aromatic rings. The van der Waals surface area contributed by atoms with E-state index in [1.807, 2.05) is 39.0 Å². The van der Waals surface area contributed by atoms with E-state index in [9.17, 15) is 9.59 Å². The van der Waals surface area contributed by atoms with Crippen molar-refractivity contribution < 1.29 is 9.59 Å². The van der Waals surface area contributed by atoms with Crippen molar-refractivity contribution in [2.75, 3.05) is 10.6 Å². The van der Waals surface area contributed by atoms with Crippen LogP contribution in [0.4, 0.5) is 15.6 Å². The number of rotatable bonds is 4. The monoisotopic (exact) mass is 332 g/mol. The fourth-order valence-corrected chi connectivity index (χ4v) is 2.84. The highest BCUT2D eigenvalue weighted by Gasteiger charge is 2.17. The minimum Gasteiger partial charge on any atom is -0.349 e. The minimum absolute atomic E-state index is 0.0463. The number of hydrogen-bond donors (Lipinski definition) is 3. The molecule has 0 aliphatic carbocycles. The summed E-state index contributed by atoms with van der Waals surface area (Å²) in [6.45, 7) is 7.48. The van der Waals surface area contributed by atoms with Crippen LogP contribution in [-0.2, 0) is 0 Å². The molecule has 122 valence electrons. The Balaban J connectivity index is 2.03. The number of carbonyl (C=O) groups is 2. The molecule has 0 unspecified atom stereocenters. The molecule has 0 aliphatic heterocycles. The number of nitrogens with zero attached hydrogens (tertiary/aromatic N) is 1. The van der Waals surface area contributed by atoms with Crippen LogP contribution < -0.4 is 16.0 Å². The number of benzene rings is 1. The summed E-state index contributed by atoms with van der Waals surface area (Å²) in [5.74, 6) is -0.179. The summed E-state index contributed by atoms with van der Waals surface area (Å²) in [6, 6.07) is 7.15. The highest BCUT2D eigenvalue weighted by atomic mass is 32.1. The van der Waals surface area contributed by atoms with Gasteiger partial charge in [0, 0.05) is 11.7 Å². The van der Waals surface area contributed by atoms with E-state index in [1.165, 1.54) is 0 Å². The Labute approximate surface area is 139 Å². The third kappa shape index (κ3) is 4.79. The zero-order valence-electron chi connectivity index (χ0n) is 13.6. The number of hydrogen-bond acceptors (Lipinski definition) is 4. The fraction of sp³-hybridized carbons (Fsp3) is 0.312. The van der Waals surface area contributed by atoms with E-state index >= 15 is 0 Å². The lowest BCUT2D eigenvalue weighted by atomic mass is 10.2. The van der Waals surface area contributed by atoms with Gasteiger partial charge in [-0.05, 0) is 45.4 Å². The topological polar surface area (TPSA) is 83.1 Å². The Bertz CT molecular complexity index is 725. The molecule has 0 fully saturated rings. The first-order valence-electron chi connectivity index (χ1n) is 7.28. The van der Waals surface area contributed by atoms with Crippen LogP contribution in [0.25, 0.3) is 0 Å². The SMILES string of the molecule is Cc1cccc(NC(=O)Nc2nc(C)c(C(=O)NC(C)C)s2)c1. The van der Waals surface area contributed by atoms with Crippen LogP contribution in [0, 0.1) is 13.8 Å². The molecule has 1 aromatic heterocycles. The summed E-state index contributed by atoms with van der Waals surface area (Å²) in [7, 11) is 0. The lowest BCUT2D eigenvalue weighted by molar-refractivity contribution is 0.0946. The Morgan fingerprint density at radius 1 is 1.17 bits per heavy atom. The van der Waals surface area contributed by atoms with Crippen molar-refractivity contribution in [3.8, 4) is 0 Å². The molecular weight excluding hydrogens is 312 g/mol. The fourth-order valence-electron chi connectivity index (χ4n) is 1.97. The van der Waals surface area contributed by atoms with Crippen molar-refractivity contribution in [2.24, 2.45) is 0 Å². The third-order valence-corrected chi connectivity index (χ3v) is 3.99. The van der Waals surface area contributed by atoms with Crippen molar-refractivity contribution in [1.82, 2.24) is 10.3 Å². The predicted octanol–water partition coefficient (Wildman–Crippen LogP) is 3.54. The lowest BCUT2D eigenvalue weighted by Gasteiger charge is -2.06. The van der Waals surface area contributed by atoms with Gasteiger partial charge in [0.2, 0.25) is 0 Å². The van der Waals surface area contributed by atoms with Gasteiger partial charge in [-0.2, -0.15) is 0 Å². The summed E-state index contributed by atoms with van der Waals surface area (Å²) >= 11 is 1.16. The minimum atomic E-state index is -0.389. The molecule has 0 saturated heterocycles. The Kier molecular flexibility index (Phi) is 5.33. The molecule has 0 aliphatic rings. The number of aryl methyl sites for hydroxylation is 2. The summed E-state index contributed by atoms with van der Waals surface area (Å²) in [5.41, 5.74) is 2.35. The van der Waals surface area contributed by atoms with Gasteiger partial charge < -0.3 is 10.6 Å². The smallest absolute Gasteiger partial charge is 0.325 e. The summed E-state index contributed by atoms with van der Waals surface area (Å²) in [5, 5.41) is 8.60. The van der Waals surface area contributed by atoms with Gasteiger partial charge in [-0.15, -0.1) is 0 Å². The molecule has 0 saturated carbocycles. The summed E-state index contributed by atoms with van der Waals surface area (Å²) in [4.78, 5) is 28.8. The van der Waals surface area contributed by atoms with Crippen LogP contribution in [0.5, 0.6) is 0 Å². The molecule has 0 bridgehead atoms. The molecule has 0 radical (unpaired) electrons. The van der Waals surface area contributed by atoms with Gasteiger partial charge in [0.25, 0.3) is 5.91 Å². The van der Waals surface area contributed by atoms with E-state index in [0.29, 0.717) is 21.4 Å². The van der Waals surface area contributed by atoms with Crippen LogP contribution in [0.3, 0.4) is 0 Å². The zero-order valence-corrected chi connectivity index (χ0v) is 14.4. The first-order valence-corrected chi connectivity index (χ1v) is 8.09. The predicted molar refractivity (Wildman–Crippen MR) is 93.3 cm³/mol. The van der Waals surface area contributed by atoms with Gasteiger partial charge >= 0.3 is 6.03 Å². The van der Waals surface area contributed by atoms with E-state index in [2.05, 4.69) is 20.9 Å². The standard InChI is InChI=1S/C16H20N4O2S/c1-9(2)17-14(21)13-11(4)18-16(23-13)20-15(22)19-12-7-5-6-10(3)8-12/h5-9H,1-4H3,(H,17,21)(H2,18,19,20,22). The van der Waals surface area contributed by atoms with Crippen LogP contribution in [0.1, 0.15) is 34.8 Å². The molecule has 7 heteroatoms. The van der Waals surface area contributed by atoms with Crippen molar-refractivity contribution >= 4 is 34.1 Å². The van der Waals surface area contributed by atoms with Crippen molar-refractivity contribution in [2.45, 2.75) is 33.7 Å². The number of thiazole rings is 1. The first kappa shape index (κ1) is 17.0. The maximum atomic E-state index is 12.0. The van der Waals surface area contributed by atoms with Crippen molar-refractivity contribution in [1.29, 1.82) is 0 Å². The third-order valence-electron chi connectivity index (χ3n) is 2.92. The Hall–Kier alpha value is -2.41. The molecule has 3 amide bonds. The summed E-state index contributed by atoms with van der Waals surface area (Å²) in [6.07, 6.45) is 0. The van der Waals surface area contributed by atoms with Gasteiger partial charge in [-0.1, -0.05) is 23.5 Å². The second kappa shape index (κ2) is 7.23. The maximum Gasteiger partial charge on any atom is 0.325 e. The Morgan fingerprint density at radius 2 is 1.91 bits per heavy atom.